The molecule has 0 bridgehead atoms. The Morgan fingerprint density at radius 2 is 1.58 bits per heavy atom. The van der Waals surface area contributed by atoms with E-state index in [0.29, 0.717) is 27.1 Å². The fraction of sp³-hybridized carbons (Fsp3) is 0.200. The zero-order chi connectivity index (χ0) is 14.0. The van der Waals surface area contributed by atoms with Crippen molar-refractivity contribution < 1.29 is 9.13 Å². The lowest BCUT2D eigenvalue weighted by atomic mass is 10.0. The standard InChI is InChI=1S/C15H13Cl2FO/c1-9(2)12-5-3-11(8-15(12)18)19-10-4-6-13(16)14(17)7-10/h3-9H,1-2H3. The fourth-order valence-corrected chi connectivity index (χ4v) is 2.00. The molecule has 0 atom stereocenters. The molecule has 0 aromatic heterocycles. The first kappa shape index (κ1) is 14.2. The van der Waals surface area contributed by atoms with Gasteiger partial charge in [-0.05, 0) is 29.7 Å². The van der Waals surface area contributed by atoms with Crippen LogP contribution in [0.25, 0.3) is 0 Å². The minimum absolute atomic E-state index is 0.138. The highest BCUT2D eigenvalue weighted by Gasteiger charge is 2.09. The van der Waals surface area contributed by atoms with Gasteiger partial charge in [-0.2, -0.15) is 0 Å². The van der Waals surface area contributed by atoms with Gasteiger partial charge < -0.3 is 4.74 Å². The van der Waals surface area contributed by atoms with Crippen LogP contribution in [0.1, 0.15) is 25.3 Å². The lowest BCUT2D eigenvalue weighted by Crippen LogP contribution is -1.94. The van der Waals surface area contributed by atoms with E-state index in [1.165, 1.54) is 6.07 Å². The third-order valence-electron chi connectivity index (χ3n) is 2.72. The number of halogens is 3. The van der Waals surface area contributed by atoms with Crippen LogP contribution in [0, 0.1) is 5.82 Å². The fourth-order valence-electron chi connectivity index (χ4n) is 1.72. The predicted molar refractivity (Wildman–Crippen MR) is 77.0 cm³/mol. The lowest BCUT2D eigenvalue weighted by Gasteiger charge is -2.10. The maximum Gasteiger partial charge on any atom is 0.130 e. The predicted octanol–water partition coefficient (Wildman–Crippen LogP) is 6.05. The largest absolute Gasteiger partial charge is 0.457 e. The molecule has 0 fully saturated rings. The highest BCUT2D eigenvalue weighted by molar-refractivity contribution is 6.42. The molecule has 4 heteroatoms. The van der Waals surface area contributed by atoms with Gasteiger partial charge in [-0.15, -0.1) is 0 Å². The molecule has 1 nitrogen and oxygen atoms in total. The van der Waals surface area contributed by atoms with Crippen LogP contribution in [0.15, 0.2) is 36.4 Å². The molecular formula is C15H13Cl2FO. The quantitative estimate of drug-likeness (QED) is 0.670. The normalized spacial score (nSPS) is 10.8. The van der Waals surface area contributed by atoms with E-state index in [-0.39, 0.29) is 11.7 Å². The van der Waals surface area contributed by atoms with Crippen LogP contribution < -0.4 is 4.74 Å². The van der Waals surface area contributed by atoms with Crippen LogP contribution in [0.4, 0.5) is 4.39 Å². The molecule has 2 aromatic carbocycles. The van der Waals surface area contributed by atoms with Gasteiger partial charge in [0.2, 0.25) is 0 Å². The van der Waals surface area contributed by atoms with Crippen molar-refractivity contribution in [2.24, 2.45) is 0 Å². The van der Waals surface area contributed by atoms with Gasteiger partial charge in [-0.3, -0.25) is 0 Å². The number of ether oxygens (including phenoxy) is 1. The minimum Gasteiger partial charge on any atom is -0.457 e. The second-order valence-electron chi connectivity index (χ2n) is 4.52. The van der Waals surface area contributed by atoms with E-state index in [0.717, 1.165) is 0 Å². The molecule has 0 radical (unpaired) electrons. The first-order chi connectivity index (χ1) is 8.97. The van der Waals surface area contributed by atoms with Gasteiger partial charge in [0.15, 0.2) is 0 Å². The summed E-state index contributed by atoms with van der Waals surface area (Å²) in [6.07, 6.45) is 0. The molecule has 0 unspecified atom stereocenters. The van der Waals surface area contributed by atoms with Gasteiger partial charge in [-0.25, -0.2) is 4.39 Å². The van der Waals surface area contributed by atoms with Gasteiger partial charge in [-0.1, -0.05) is 43.1 Å². The Morgan fingerprint density at radius 3 is 2.16 bits per heavy atom. The average Bonchev–Trinajstić information content (AvgIpc) is 2.33. The van der Waals surface area contributed by atoms with Crippen molar-refractivity contribution in [2.75, 3.05) is 0 Å². The number of hydrogen-bond acceptors (Lipinski definition) is 1. The Labute approximate surface area is 121 Å². The summed E-state index contributed by atoms with van der Waals surface area (Å²) in [6, 6.07) is 9.75. The third kappa shape index (κ3) is 3.40. The Balaban J connectivity index is 2.24. The van der Waals surface area contributed by atoms with Crippen LogP contribution >= 0.6 is 23.2 Å². The van der Waals surface area contributed by atoms with E-state index in [1.54, 1.807) is 30.3 Å². The van der Waals surface area contributed by atoms with Crippen molar-refractivity contribution in [3.8, 4) is 11.5 Å². The summed E-state index contributed by atoms with van der Waals surface area (Å²) in [7, 11) is 0. The summed E-state index contributed by atoms with van der Waals surface area (Å²) in [5.41, 5.74) is 0.668. The first-order valence-corrected chi connectivity index (χ1v) is 6.65. The van der Waals surface area contributed by atoms with Crippen LogP contribution in [0.3, 0.4) is 0 Å². The van der Waals surface area contributed by atoms with Crippen molar-refractivity contribution in [1.29, 1.82) is 0 Å². The number of rotatable bonds is 3. The summed E-state index contributed by atoms with van der Waals surface area (Å²) in [6.45, 7) is 3.88. The van der Waals surface area contributed by atoms with Crippen LogP contribution in [-0.4, -0.2) is 0 Å². The molecule has 19 heavy (non-hydrogen) atoms. The average molecular weight is 299 g/mol. The number of hydrogen-bond donors (Lipinski definition) is 0. The summed E-state index contributed by atoms with van der Waals surface area (Å²) in [4.78, 5) is 0. The van der Waals surface area contributed by atoms with Crippen LogP contribution in [-0.2, 0) is 0 Å². The lowest BCUT2D eigenvalue weighted by molar-refractivity contribution is 0.475. The Kier molecular flexibility index (Phi) is 4.33. The Hall–Kier alpha value is -1.25. The molecule has 0 saturated heterocycles. The van der Waals surface area contributed by atoms with Gasteiger partial charge in [0.05, 0.1) is 10.0 Å². The summed E-state index contributed by atoms with van der Waals surface area (Å²) >= 11 is 11.7. The monoisotopic (exact) mass is 298 g/mol. The second-order valence-corrected chi connectivity index (χ2v) is 5.33. The van der Waals surface area contributed by atoms with Gasteiger partial charge >= 0.3 is 0 Å². The molecule has 0 aliphatic rings. The van der Waals surface area contributed by atoms with Crippen molar-refractivity contribution in [2.45, 2.75) is 19.8 Å². The molecule has 0 saturated carbocycles. The van der Waals surface area contributed by atoms with Gasteiger partial charge in [0.1, 0.15) is 17.3 Å². The third-order valence-corrected chi connectivity index (χ3v) is 3.46. The number of benzene rings is 2. The van der Waals surface area contributed by atoms with Crippen molar-refractivity contribution in [3.05, 3.63) is 57.8 Å². The molecule has 0 N–H and O–H groups in total. The van der Waals surface area contributed by atoms with Gasteiger partial charge in [0, 0.05) is 12.1 Å². The Bertz CT molecular complexity index is 597. The molecule has 0 spiro atoms. The molecule has 2 aromatic rings. The molecule has 0 amide bonds. The van der Waals surface area contributed by atoms with E-state index in [1.807, 2.05) is 13.8 Å². The molecule has 0 heterocycles. The van der Waals surface area contributed by atoms with E-state index in [2.05, 4.69) is 0 Å². The maximum atomic E-state index is 13.8. The van der Waals surface area contributed by atoms with Crippen molar-refractivity contribution in [1.82, 2.24) is 0 Å². The highest BCUT2D eigenvalue weighted by Crippen LogP contribution is 2.30. The SMILES string of the molecule is CC(C)c1ccc(Oc2ccc(Cl)c(Cl)c2)cc1F. The van der Waals surface area contributed by atoms with Crippen molar-refractivity contribution >= 4 is 23.2 Å². The molecule has 100 valence electrons. The first-order valence-electron chi connectivity index (χ1n) is 5.89. The zero-order valence-corrected chi connectivity index (χ0v) is 12.1. The molecular weight excluding hydrogens is 286 g/mol. The molecule has 2 rings (SSSR count). The van der Waals surface area contributed by atoms with Crippen LogP contribution in [0.5, 0.6) is 11.5 Å². The maximum absolute atomic E-state index is 13.8. The summed E-state index contributed by atoms with van der Waals surface area (Å²) in [5, 5.41) is 0.855. The highest BCUT2D eigenvalue weighted by atomic mass is 35.5. The second kappa shape index (κ2) is 5.81. The van der Waals surface area contributed by atoms with E-state index in [4.69, 9.17) is 27.9 Å². The Morgan fingerprint density at radius 1 is 0.947 bits per heavy atom. The van der Waals surface area contributed by atoms with E-state index < -0.39 is 0 Å². The topological polar surface area (TPSA) is 9.23 Å². The summed E-state index contributed by atoms with van der Waals surface area (Å²) in [5.74, 6) is 0.818. The zero-order valence-electron chi connectivity index (χ0n) is 10.6. The van der Waals surface area contributed by atoms with E-state index >= 15 is 0 Å². The van der Waals surface area contributed by atoms with Crippen LogP contribution in [0.2, 0.25) is 10.0 Å². The summed E-state index contributed by atoms with van der Waals surface area (Å²) < 4.78 is 19.4. The smallest absolute Gasteiger partial charge is 0.130 e. The van der Waals surface area contributed by atoms with Gasteiger partial charge in [0.25, 0.3) is 0 Å². The molecule has 0 aliphatic carbocycles. The molecule has 0 aliphatic heterocycles. The van der Waals surface area contributed by atoms with E-state index in [9.17, 15) is 4.39 Å². The minimum atomic E-state index is -0.271. The van der Waals surface area contributed by atoms with Crippen molar-refractivity contribution in [3.63, 3.8) is 0 Å².